The van der Waals surface area contributed by atoms with E-state index in [2.05, 4.69) is 15.8 Å². The Morgan fingerprint density at radius 1 is 1.89 bits per heavy atom. The van der Waals surface area contributed by atoms with E-state index in [1.807, 2.05) is 0 Å². The van der Waals surface area contributed by atoms with Gasteiger partial charge in [0.25, 0.3) is 0 Å². The van der Waals surface area contributed by atoms with Gasteiger partial charge in [0.15, 0.2) is 0 Å². The second kappa shape index (κ2) is 1.90. The number of guanidine groups is 1. The lowest BCUT2D eigenvalue weighted by molar-refractivity contribution is -0.139. The molecular formula is C3H6N4O2. The van der Waals surface area contributed by atoms with Gasteiger partial charge in [-0.25, -0.2) is 15.2 Å². The van der Waals surface area contributed by atoms with E-state index in [9.17, 15) is 4.79 Å². The molecule has 1 atom stereocenters. The van der Waals surface area contributed by atoms with Crippen LogP contribution in [0.25, 0.3) is 0 Å². The van der Waals surface area contributed by atoms with Crippen LogP contribution < -0.4 is 16.6 Å². The average Bonchev–Trinajstić information content (AvgIpc) is 2.14. The number of aliphatic carboxylic acids is 1. The number of rotatable bonds is 1. The summed E-state index contributed by atoms with van der Waals surface area (Å²) in [5.41, 5.74) is 9.75. The van der Waals surface area contributed by atoms with Gasteiger partial charge in [-0.1, -0.05) is 0 Å². The van der Waals surface area contributed by atoms with E-state index in [0.29, 0.717) is 0 Å². The monoisotopic (exact) mass is 130 g/mol. The summed E-state index contributed by atoms with van der Waals surface area (Å²) in [7, 11) is 0. The molecule has 0 saturated heterocycles. The van der Waals surface area contributed by atoms with E-state index in [0.717, 1.165) is 0 Å². The van der Waals surface area contributed by atoms with Gasteiger partial charge in [0.05, 0.1) is 0 Å². The molecule has 0 radical (unpaired) electrons. The Balaban J connectivity index is 2.57. The first-order valence-electron chi connectivity index (χ1n) is 2.28. The van der Waals surface area contributed by atoms with Crippen molar-refractivity contribution in [2.45, 2.75) is 6.17 Å². The first kappa shape index (κ1) is 5.83. The molecule has 0 amide bonds. The quantitative estimate of drug-likeness (QED) is 0.323. The molecule has 9 heavy (non-hydrogen) atoms. The first-order valence-corrected chi connectivity index (χ1v) is 2.28. The molecule has 6 nitrogen and oxygen atoms in total. The summed E-state index contributed by atoms with van der Waals surface area (Å²) in [5, 5.41) is 8.27. The van der Waals surface area contributed by atoms with Crippen LogP contribution >= 0.6 is 0 Å². The molecule has 0 aromatic rings. The highest BCUT2D eigenvalue weighted by Crippen LogP contribution is 1.88. The Morgan fingerprint density at radius 3 is 2.78 bits per heavy atom. The van der Waals surface area contributed by atoms with Gasteiger partial charge in [0, 0.05) is 0 Å². The fourth-order valence-corrected chi connectivity index (χ4v) is 0.463. The summed E-state index contributed by atoms with van der Waals surface area (Å²) in [6, 6.07) is 0. The third-order valence-electron chi connectivity index (χ3n) is 0.839. The lowest BCUT2D eigenvalue weighted by Gasteiger charge is -1.97. The predicted molar refractivity (Wildman–Crippen MR) is 29.3 cm³/mol. The molecule has 0 aromatic carbocycles. The third kappa shape index (κ3) is 1.08. The first-order chi connectivity index (χ1) is 4.20. The molecule has 0 bridgehead atoms. The third-order valence-corrected chi connectivity index (χ3v) is 0.839. The molecule has 6 heteroatoms. The van der Waals surface area contributed by atoms with Gasteiger partial charge in [0.2, 0.25) is 12.1 Å². The summed E-state index contributed by atoms with van der Waals surface area (Å²) in [6.45, 7) is 0. The van der Waals surface area contributed by atoms with E-state index < -0.39 is 12.1 Å². The predicted octanol–water partition coefficient (Wildman–Crippen LogP) is -2.18. The van der Waals surface area contributed by atoms with E-state index in [4.69, 9.17) is 10.8 Å². The number of hydrogen-bond acceptors (Lipinski definition) is 5. The maximum Gasteiger partial charge on any atom is 0.345 e. The molecule has 0 aliphatic carbocycles. The van der Waals surface area contributed by atoms with Crippen LogP contribution in [0.4, 0.5) is 0 Å². The van der Waals surface area contributed by atoms with E-state index >= 15 is 0 Å². The molecule has 1 heterocycles. The van der Waals surface area contributed by atoms with Crippen molar-refractivity contribution >= 4 is 11.9 Å². The average molecular weight is 130 g/mol. The van der Waals surface area contributed by atoms with Crippen molar-refractivity contribution in [3.05, 3.63) is 0 Å². The summed E-state index contributed by atoms with van der Waals surface area (Å²) >= 11 is 0. The highest BCUT2D eigenvalue weighted by Gasteiger charge is 2.20. The zero-order chi connectivity index (χ0) is 6.85. The van der Waals surface area contributed by atoms with Crippen molar-refractivity contribution in [2.24, 2.45) is 10.7 Å². The van der Waals surface area contributed by atoms with Gasteiger partial charge in [0.1, 0.15) is 0 Å². The Labute approximate surface area is 50.7 Å². The van der Waals surface area contributed by atoms with E-state index in [1.54, 1.807) is 0 Å². The molecule has 0 unspecified atom stereocenters. The highest BCUT2D eigenvalue weighted by atomic mass is 16.4. The van der Waals surface area contributed by atoms with Crippen LogP contribution in [-0.2, 0) is 4.79 Å². The second-order valence-corrected chi connectivity index (χ2v) is 1.52. The SMILES string of the molecule is NC1=N[C@@H](C(=O)O)NN1. The highest BCUT2D eigenvalue weighted by molar-refractivity contribution is 5.85. The molecule has 50 valence electrons. The molecule has 0 saturated carbocycles. The largest absolute Gasteiger partial charge is 0.479 e. The topological polar surface area (TPSA) is 99.7 Å². The van der Waals surface area contributed by atoms with Crippen LogP contribution in [0.2, 0.25) is 0 Å². The smallest absolute Gasteiger partial charge is 0.345 e. The molecule has 5 N–H and O–H groups in total. The Bertz CT molecular complexity index is 165. The molecule has 1 aliphatic rings. The summed E-state index contributed by atoms with van der Waals surface area (Å²) < 4.78 is 0. The van der Waals surface area contributed by atoms with Gasteiger partial charge in [-0.05, 0) is 0 Å². The van der Waals surface area contributed by atoms with Crippen LogP contribution in [0, 0.1) is 0 Å². The summed E-state index contributed by atoms with van der Waals surface area (Å²) in [4.78, 5) is 13.5. The number of nitrogens with two attached hydrogens (primary N) is 1. The Hall–Kier alpha value is -1.30. The minimum atomic E-state index is -1.05. The number of carbonyl (C=O) groups is 1. The number of hydrazine groups is 1. The lowest BCUT2D eigenvalue weighted by atomic mass is 10.5. The van der Waals surface area contributed by atoms with Crippen molar-refractivity contribution in [1.29, 1.82) is 0 Å². The van der Waals surface area contributed by atoms with Crippen LogP contribution in [0.3, 0.4) is 0 Å². The zero-order valence-corrected chi connectivity index (χ0v) is 4.46. The van der Waals surface area contributed by atoms with Crippen LogP contribution in [0.1, 0.15) is 0 Å². The van der Waals surface area contributed by atoms with Gasteiger partial charge < -0.3 is 10.8 Å². The summed E-state index contributed by atoms with van der Waals surface area (Å²) in [6.07, 6.45) is -0.940. The fraction of sp³-hybridized carbons (Fsp3) is 0.333. The number of nitrogens with zero attached hydrogens (tertiary/aromatic N) is 1. The van der Waals surface area contributed by atoms with Gasteiger partial charge in [-0.15, -0.1) is 0 Å². The zero-order valence-electron chi connectivity index (χ0n) is 4.46. The second-order valence-electron chi connectivity index (χ2n) is 1.52. The molecule has 0 fully saturated rings. The van der Waals surface area contributed by atoms with Crippen LogP contribution in [0.15, 0.2) is 4.99 Å². The number of carboxylic acid groups (broad SMARTS) is 1. The van der Waals surface area contributed by atoms with Crippen molar-refractivity contribution in [3.8, 4) is 0 Å². The van der Waals surface area contributed by atoms with Crippen molar-refractivity contribution < 1.29 is 9.90 Å². The van der Waals surface area contributed by atoms with Gasteiger partial charge >= 0.3 is 5.97 Å². The minimum absolute atomic E-state index is 0.0994. The molecule has 1 rings (SSSR count). The van der Waals surface area contributed by atoms with E-state index in [-0.39, 0.29) is 5.96 Å². The van der Waals surface area contributed by atoms with E-state index in [1.165, 1.54) is 0 Å². The summed E-state index contributed by atoms with van der Waals surface area (Å²) in [5.74, 6) is -0.953. The van der Waals surface area contributed by atoms with Crippen molar-refractivity contribution in [3.63, 3.8) is 0 Å². The molecule has 0 spiro atoms. The molecule has 0 aromatic heterocycles. The number of nitrogens with one attached hydrogen (secondary N) is 2. The van der Waals surface area contributed by atoms with Crippen molar-refractivity contribution in [1.82, 2.24) is 10.9 Å². The van der Waals surface area contributed by atoms with Crippen LogP contribution in [0.5, 0.6) is 0 Å². The molecule has 1 aliphatic heterocycles. The normalized spacial score (nSPS) is 24.9. The van der Waals surface area contributed by atoms with Crippen molar-refractivity contribution in [2.75, 3.05) is 0 Å². The number of hydrogen-bond donors (Lipinski definition) is 4. The number of aliphatic imine (C=N–C) groups is 1. The standard InChI is InChI=1S/C3H6N4O2/c4-3-5-1(2(8)9)6-7-3/h1,6H,(H,8,9)(H3,4,5,7)/t1-/m1/s1. The number of carboxylic acids is 1. The lowest BCUT2D eigenvalue weighted by Crippen LogP contribution is -2.41. The Morgan fingerprint density at radius 2 is 2.56 bits per heavy atom. The molecular weight excluding hydrogens is 124 g/mol. The maximum atomic E-state index is 10.1. The van der Waals surface area contributed by atoms with Gasteiger partial charge in [-0.2, -0.15) is 0 Å². The maximum absolute atomic E-state index is 10.1. The van der Waals surface area contributed by atoms with Gasteiger partial charge in [-0.3, -0.25) is 5.43 Å². The minimum Gasteiger partial charge on any atom is -0.479 e. The Kier molecular flexibility index (Phi) is 1.23. The fourth-order valence-electron chi connectivity index (χ4n) is 0.463. The van der Waals surface area contributed by atoms with Crippen LogP contribution in [-0.4, -0.2) is 23.2 Å².